The summed E-state index contributed by atoms with van der Waals surface area (Å²) in [4.78, 5) is 36.8. The fourth-order valence-electron chi connectivity index (χ4n) is 3.18. The van der Waals surface area contributed by atoms with Crippen LogP contribution in [0, 0.1) is 10.1 Å². The second-order valence-corrected chi connectivity index (χ2v) is 7.04. The minimum absolute atomic E-state index is 0.0573. The summed E-state index contributed by atoms with van der Waals surface area (Å²) in [6, 6.07) is 10.2. The predicted octanol–water partition coefficient (Wildman–Crippen LogP) is 1.21. The molecule has 1 saturated heterocycles. The van der Waals surface area contributed by atoms with Crippen LogP contribution in [0.4, 0.5) is 17.3 Å². The number of nitrogens with zero attached hydrogens (tertiary/aromatic N) is 6. The summed E-state index contributed by atoms with van der Waals surface area (Å²) in [6.45, 7) is 3.58. The molecule has 1 aromatic carbocycles. The van der Waals surface area contributed by atoms with E-state index < -0.39 is 4.92 Å². The van der Waals surface area contributed by atoms with E-state index in [9.17, 15) is 14.9 Å². The number of nitrogens with one attached hydrogen (secondary N) is 1. The first-order chi connectivity index (χ1) is 14.0. The average Bonchev–Trinajstić information content (AvgIpc) is 2.72. The Hall–Kier alpha value is -3.27. The molecule has 1 aliphatic heterocycles. The largest absolute Gasteiger partial charge is 0.355 e. The van der Waals surface area contributed by atoms with Gasteiger partial charge in [-0.05, 0) is 5.56 Å². The van der Waals surface area contributed by atoms with Crippen LogP contribution in [0.5, 0.6) is 0 Å². The third kappa shape index (κ3) is 5.17. The van der Waals surface area contributed by atoms with Gasteiger partial charge in [0.05, 0.1) is 11.5 Å². The Balaban J connectivity index is 1.69. The van der Waals surface area contributed by atoms with Crippen LogP contribution >= 0.6 is 0 Å². The maximum Gasteiger partial charge on any atom is 0.353 e. The van der Waals surface area contributed by atoms with Gasteiger partial charge in [0.1, 0.15) is 6.33 Å². The minimum atomic E-state index is -0.492. The molecule has 0 atom stereocenters. The normalized spacial score (nSPS) is 14.5. The van der Waals surface area contributed by atoms with E-state index in [4.69, 9.17) is 0 Å². The molecule has 1 aliphatic rings. The van der Waals surface area contributed by atoms with Crippen molar-refractivity contribution in [2.24, 2.45) is 0 Å². The highest BCUT2D eigenvalue weighted by Gasteiger charge is 2.29. The van der Waals surface area contributed by atoms with Crippen LogP contribution in [-0.4, -0.2) is 77.4 Å². The highest BCUT2D eigenvalue weighted by molar-refractivity contribution is 5.81. The van der Waals surface area contributed by atoms with Crippen LogP contribution in [-0.2, 0) is 11.3 Å². The summed E-state index contributed by atoms with van der Waals surface area (Å²) >= 11 is 0. The van der Waals surface area contributed by atoms with Crippen molar-refractivity contribution in [2.45, 2.75) is 6.54 Å². The fourth-order valence-corrected chi connectivity index (χ4v) is 3.18. The topological polar surface area (TPSA) is 108 Å². The molecule has 154 valence electrons. The lowest BCUT2D eigenvalue weighted by atomic mass is 10.2. The standard InChI is InChI=1S/C19H25N7O3/c1-23(2)16(27)12-20-18-17(26(28)29)19(22-14-21-18)25-10-8-24(9-11-25)13-15-6-4-3-5-7-15/h3-7,14H,8-13H2,1-2H3,(H,20,21,22). The third-order valence-electron chi connectivity index (χ3n) is 4.81. The Morgan fingerprint density at radius 2 is 1.86 bits per heavy atom. The van der Waals surface area contributed by atoms with Crippen molar-refractivity contribution in [1.29, 1.82) is 0 Å². The van der Waals surface area contributed by atoms with Gasteiger partial charge in [0.2, 0.25) is 17.5 Å². The van der Waals surface area contributed by atoms with Crippen molar-refractivity contribution in [3.8, 4) is 0 Å². The van der Waals surface area contributed by atoms with Crippen molar-refractivity contribution in [3.05, 3.63) is 52.3 Å². The average molecular weight is 399 g/mol. The third-order valence-corrected chi connectivity index (χ3v) is 4.81. The number of hydrogen-bond donors (Lipinski definition) is 1. The van der Waals surface area contributed by atoms with Crippen molar-refractivity contribution in [2.75, 3.05) is 57.0 Å². The number of anilines is 2. The van der Waals surface area contributed by atoms with Crippen molar-refractivity contribution < 1.29 is 9.72 Å². The van der Waals surface area contributed by atoms with Crippen molar-refractivity contribution >= 4 is 23.2 Å². The smallest absolute Gasteiger partial charge is 0.353 e. The minimum Gasteiger partial charge on any atom is -0.355 e. The summed E-state index contributed by atoms with van der Waals surface area (Å²) in [5, 5.41) is 14.5. The van der Waals surface area contributed by atoms with Crippen LogP contribution in [0.1, 0.15) is 5.56 Å². The Labute approximate surface area is 169 Å². The first kappa shape index (κ1) is 20.5. The fraction of sp³-hybridized carbons (Fsp3) is 0.421. The lowest BCUT2D eigenvalue weighted by molar-refractivity contribution is -0.383. The molecule has 0 aliphatic carbocycles. The van der Waals surface area contributed by atoms with Gasteiger partial charge in [-0.3, -0.25) is 19.8 Å². The number of hydrogen-bond acceptors (Lipinski definition) is 8. The molecule has 1 amide bonds. The zero-order valence-corrected chi connectivity index (χ0v) is 16.6. The van der Waals surface area contributed by atoms with E-state index >= 15 is 0 Å². The van der Waals surface area contributed by atoms with Crippen LogP contribution in [0.15, 0.2) is 36.7 Å². The lowest BCUT2D eigenvalue weighted by Crippen LogP contribution is -2.46. The van der Waals surface area contributed by atoms with Crippen LogP contribution in [0.25, 0.3) is 0 Å². The van der Waals surface area contributed by atoms with Gasteiger partial charge in [-0.25, -0.2) is 9.97 Å². The molecular formula is C19H25N7O3. The molecule has 2 heterocycles. The summed E-state index contributed by atoms with van der Waals surface area (Å²) < 4.78 is 0. The van der Waals surface area contributed by atoms with Gasteiger partial charge < -0.3 is 15.1 Å². The van der Waals surface area contributed by atoms with E-state index in [1.54, 1.807) is 14.1 Å². The van der Waals surface area contributed by atoms with E-state index in [0.29, 0.717) is 13.1 Å². The van der Waals surface area contributed by atoms with E-state index in [2.05, 4.69) is 32.3 Å². The molecule has 10 heteroatoms. The number of carbonyl (C=O) groups excluding carboxylic acids is 1. The van der Waals surface area contributed by atoms with Crippen molar-refractivity contribution in [3.63, 3.8) is 0 Å². The molecule has 1 N–H and O–H groups in total. The van der Waals surface area contributed by atoms with Gasteiger partial charge >= 0.3 is 5.69 Å². The molecular weight excluding hydrogens is 374 g/mol. The second kappa shape index (κ2) is 9.28. The molecule has 2 aromatic rings. The molecule has 3 rings (SSSR count). The van der Waals surface area contributed by atoms with Gasteiger partial charge in [-0.1, -0.05) is 30.3 Å². The van der Waals surface area contributed by atoms with Gasteiger partial charge in [0.25, 0.3) is 0 Å². The summed E-state index contributed by atoms with van der Waals surface area (Å²) in [5.41, 5.74) is 1.04. The summed E-state index contributed by atoms with van der Waals surface area (Å²) in [5.74, 6) is 0.139. The zero-order chi connectivity index (χ0) is 20.8. The van der Waals surface area contributed by atoms with E-state index in [-0.39, 0.29) is 29.8 Å². The number of piperazine rings is 1. The number of likely N-dealkylation sites (N-methyl/N-ethyl adjacent to an activating group) is 1. The molecule has 1 aromatic heterocycles. The molecule has 1 fully saturated rings. The highest BCUT2D eigenvalue weighted by Crippen LogP contribution is 2.32. The number of amides is 1. The number of aromatic nitrogens is 2. The molecule has 0 bridgehead atoms. The maximum absolute atomic E-state index is 11.8. The van der Waals surface area contributed by atoms with Crippen LogP contribution in [0.2, 0.25) is 0 Å². The van der Waals surface area contributed by atoms with Crippen molar-refractivity contribution in [1.82, 2.24) is 19.8 Å². The number of carbonyl (C=O) groups is 1. The first-order valence-electron chi connectivity index (χ1n) is 9.40. The first-order valence-corrected chi connectivity index (χ1v) is 9.40. The Bertz CT molecular complexity index is 852. The Morgan fingerprint density at radius 3 is 2.48 bits per heavy atom. The number of rotatable bonds is 7. The van der Waals surface area contributed by atoms with Gasteiger partial charge in [0, 0.05) is 46.8 Å². The van der Waals surface area contributed by atoms with E-state index in [1.165, 1.54) is 16.8 Å². The van der Waals surface area contributed by atoms with E-state index in [0.717, 1.165) is 19.6 Å². The molecule has 0 spiro atoms. The SMILES string of the molecule is CN(C)C(=O)CNc1ncnc(N2CCN(Cc3ccccc3)CC2)c1[N+](=O)[O-]. The van der Waals surface area contributed by atoms with E-state index in [1.807, 2.05) is 23.1 Å². The summed E-state index contributed by atoms with van der Waals surface area (Å²) in [6.07, 6.45) is 1.29. The molecule has 29 heavy (non-hydrogen) atoms. The molecule has 0 unspecified atom stereocenters. The predicted molar refractivity (Wildman–Crippen MR) is 110 cm³/mol. The van der Waals surface area contributed by atoms with Crippen LogP contribution < -0.4 is 10.2 Å². The van der Waals surface area contributed by atoms with Gasteiger partial charge in [-0.15, -0.1) is 0 Å². The highest BCUT2D eigenvalue weighted by atomic mass is 16.6. The monoisotopic (exact) mass is 399 g/mol. The summed E-state index contributed by atoms with van der Waals surface area (Å²) in [7, 11) is 3.25. The lowest BCUT2D eigenvalue weighted by Gasteiger charge is -2.35. The number of benzene rings is 1. The molecule has 0 saturated carbocycles. The van der Waals surface area contributed by atoms with Crippen LogP contribution in [0.3, 0.4) is 0 Å². The van der Waals surface area contributed by atoms with Gasteiger partial charge in [-0.2, -0.15) is 0 Å². The Kier molecular flexibility index (Phi) is 6.55. The molecule has 0 radical (unpaired) electrons. The zero-order valence-electron chi connectivity index (χ0n) is 16.6. The quantitative estimate of drug-likeness (QED) is 0.547. The second-order valence-electron chi connectivity index (χ2n) is 7.04. The molecule has 10 nitrogen and oxygen atoms in total. The Morgan fingerprint density at radius 1 is 1.17 bits per heavy atom. The number of nitro groups is 1. The van der Waals surface area contributed by atoms with Gasteiger partial charge in [0.15, 0.2) is 0 Å². The maximum atomic E-state index is 11.8.